The molecular weight excluding hydrogens is 637 g/mol. The SMILES string of the molecule is O=C(N(C1CCCC(N(C(=O)C23CC4CC(CC(C4)C2)C3)C23CC4CC(CC(C4)C2)C3)C1)C12CC3CC(CC(C3)C1)C2)C12CC3CC(CC(C3)C1)C2. The van der Waals surface area contributed by atoms with Crippen LogP contribution in [0.2, 0.25) is 0 Å². The molecule has 0 aromatic rings. The zero-order valence-electron chi connectivity index (χ0n) is 32.6. The van der Waals surface area contributed by atoms with E-state index in [1.807, 2.05) is 0 Å². The van der Waals surface area contributed by atoms with Gasteiger partial charge in [0.2, 0.25) is 11.8 Å². The zero-order valence-corrected chi connectivity index (χ0v) is 32.6. The first-order chi connectivity index (χ1) is 25.2. The molecule has 0 heterocycles. The van der Waals surface area contributed by atoms with Crippen LogP contribution in [0.25, 0.3) is 0 Å². The first-order valence-electron chi connectivity index (χ1n) is 23.9. The second-order valence-corrected chi connectivity index (χ2v) is 24.5. The van der Waals surface area contributed by atoms with Gasteiger partial charge < -0.3 is 9.80 Å². The minimum absolute atomic E-state index is 0.0559. The van der Waals surface area contributed by atoms with Crippen LogP contribution in [0.15, 0.2) is 0 Å². The Labute approximate surface area is 315 Å². The van der Waals surface area contributed by atoms with Crippen LogP contribution in [0, 0.1) is 81.8 Å². The largest absolute Gasteiger partial charge is 0.333 e. The quantitative estimate of drug-likeness (QED) is 0.276. The van der Waals surface area contributed by atoms with Gasteiger partial charge in [-0.1, -0.05) is 0 Å². The van der Waals surface area contributed by atoms with Crippen molar-refractivity contribution in [3.63, 3.8) is 0 Å². The number of hydrogen-bond acceptors (Lipinski definition) is 2. The first-order valence-corrected chi connectivity index (χ1v) is 23.9. The topological polar surface area (TPSA) is 40.6 Å². The Morgan fingerprint density at radius 1 is 0.327 bits per heavy atom. The fraction of sp³-hybridized carbons (Fsp3) is 0.958. The molecule has 16 bridgehead atoms. The van der Waals surface area contributed by atoms with E-state index in [-0.39, 0.29) is 21.9 Å². The van der Waals surface area contributed by atoms with Crippen LogP contribution in [0.3, 0.4) is 0 Å². The summed E-state index contributed by atoms with van der Waals surface area (Å²) in [5, 5.41) is 0. The molecule has 0 radical (unpaired) electrons. The zero-order chi connectivity index (χ0) is 34.2. The maximum atomic E-state index is 16.0. The monoisotopic (exact) mass is 707 g/mol. The fourth-order valence-electron chi connectivity index (χ4n) is 21.1. The lowest BCUT2D eigenvalue weighted by Crippen LogP contribution is -2.70. The highest BCUT2D eigenvalue weighted by Gasteiger charge is 2.65. The van der Waals surface area contributed by atoms with Crippen LogP contribution in [0.5, 0.6) is 0 Å². The smallest absolute Gasteiger partial charge is 0.229 e. The Morgan fingerprint density at radius 2 is 0.558 bits per heavy atom. The molecule has 17 aliphatic rings. The normalized spacial score (nSPS) is 58.2. The molecule has 52 heavy (non-hydrogen) atoms. The molecule has 0 aromatic heterocycles. The molecule has 17 fully saturated rings. The van der Waals surface area contributed by atoms with Crippen molar-refractivity contribution in [2.75, 3.05) is 0 Å². The molecule has 284 valence electrons. The summed E-state index contributed by atoms with van der Waals surface area (Å²) in [6, 6.07) is 0.715. The molecule has 2 atom stereocenters. The number of amides is 2. The maximum Gasteiger partial charge on any atom is 0.229 e. The summed E-state index contributed by atoms with van der Waals surface area (Å²) in [5.41, 5.74) is 0.133. The van der Waals surface area contributed by atoms with Gasteiger partial charge in [-0.25, -0.2) is 0 Å². The number of hydrogen-bond donors (Lipinski definition) is 0. The van der Waals surface area contributed by atoms with Crippen LogP contribution in [-0.2, 0) is 9.59 Å². The lowest BCUT2D eigenvalue weighted by Gasteiger charge is -2.66. The van der Waals surface area contributed by atoms with Gasteiger partial charge in [0.1, 0.15) is 0 Å². The number of carbonyl (C=O) groups excluding carboxylic acids is 2. The van der Waals surface area contributed by atoms with Gasteiger partial charge in [-0.3, -0.25) is 9.59 Å². The van der Waals surface area contributed by atoms with Gasteiger partial charge in [-0.05, 0) is 251 Å². The molecule has 2 amide bonds. The van der Waals surface area contributed by atoms with Crippen molar-refractivity contribution in [1.82, 2.24) is 9.80 Å². The van der Waals surface area contributed by atoms with E-state index in [4.69, 9.17) is 0 Å². The summed E-state index contributed by atoms with van der Waals surface area (Å²) in [5.74, 6) is 11.4. The van der Waals surface area contributed by atoms with Crippen molar-refractivity contribution < 1.29 is 9.59 Å². The van der Waals surface area contributed by atoms with Crippen molar-refractivity contribution >= 4 is 11.8 Å². The van der Waals surface area contributed by atoms with Crippen LogP contribution < -0.4 is 0 Å². The molecule has 0 aliphatic heterocycles. The van der Waals surface area contributed by atoms with E-state index < -0.39 is 0 Å². The highest BCUT2D eigenvalue weighted by Crippen LogP contribution is 2.66. The maximum absolute atomic E-state index is 16.0. The summed E-state index contributed by atoms with van der Waals surface area (Å²) in [4.78, 5) is 37.7. The van der Waals surface area contributed by atoms with Gasteiger partial charge >= 0.3 is 0 Å². The van der Waals surface area contributed by atoms with E-state index >= 15 is 9.59 Å². The lowest BCUT2D eigenvalue weighted by atomic mass is 9.48. The first kappa shape index (κ1) is 32.1. The standard InChI is InChI=1S/C48H70N2O2/c51-43(45-17-29-4-30(18-45)6-31(5-29)19-45)49(47-23-35-10-36(24-47)12-37(11-35)25-47)41-2-1-3-42(16-41)50(48-26-38-13-39(27-48)15-40(14-38)28-48)44(52)46-20-32-7-33(21-46)9-34(8-32)22-46/h29-42H,1-28H2. The highest BCUT2D eigenvalue weighted by molar-refractivity contribution is 5.86. The van der Waals surface area contributed by atoms with Gasteiger partial charge in [0.05, 0.1) is 10.8 Å². The Bertz CT molecular complexity index is 1270. The number of nitrogens with zero attached hydrogens (tertiary/aromatic N) is 2. The summed E-state index contributed by atoms with van der Waals surface area (Å²) in [6.07, 6.45) is 37.1. The van der Waals surface area contributed by atoms with Gasteiger partial charge in [-0.2, -0.15) is 0 Å². The molecule has 17 saturated carbocycles. The number of carbonyl (C=O) groups is 2. The minimum Gasteiger partial charge on any atom is -0.333 e. The molecule has 4 nitrogen and oxygen atoms in total. The molecule has 17 rings (SSSR count). The lowest BCUT2D eigenvalue weighted by molar-refractivity contribution is -0.189. The molecule has 4 heteroatoms. The molecule has 2 unspecified atom stereocenters. The second kappa shape index (κ2) is 10.9. The Balaban J connectivity index is 0.888. The molecule has 0 saturated heterocycles. The van der Waals surface area contributed by atoms with Crippen molar-refractivity contribution in [2.45, 2.75) is 203 Å². The molecule has 0 spiro atoms. The Kier molecular flexibility index (Phi) is 6.70. The van der Waals surface area contributed by atoms with Gasteiger partial charge in [0, 0.05) is 23.2 Å². The minimum atomic E-state index is -0.0559. The Morgan fingerprint density at radius 3 is 0.808 bits per heavy atom. The molecule has 0 aromatic carbocycles. The van der Waals surface area contributed by atoms with Crippen LogP contribution in [0.4, 0.5) is 0 Å². The van der Waals surface area contributed by atoms with E-state index in [0.29, 0.717) is 23.9 Å². The van der Waals surface area contributed by atoms with Crippen molar-refractivity contribution in [2.24, 2.45) is 81.8 Å². The van der Waals surface area contributed by atoms with Crippen molar-refractivity contribution in [3.8, 4) is 0 Å². The van der Waals surface area contributed by atoms with Crippen LogP contribution in [-0.4, -0.2) is 44.8 Å². The average molecular weight is 707 g/mol. The molecule has 17 aliphatic carbocycles. The number of rotatable bonds is 6. The van der Waals surface area contributed by atoms with E-state index in [1.165, 1.54) is 173 Å². The predicted octanol–water partition coefficient (Wildman–Crippen LogP) is 10.3. The third-order valence-electron chi connectivity index (χ3n) is 20.8. The highest BCUT2D eigenvalue weighted by atomic mass is 16.2. The summed E-state index contributed by atoms with van der Waals surface area (Å²) < 4.78 is 0. The summed E-state index contributed by atoms with van der Waals surface area (Å²) >= 11 is 0. The van der Waals surface area contributed by atoms with Crippen LogP contribution >= 0.6 is 0 Å². The van der Waals surface area contributed by atoms with Gasteiger partial charge in [-0.15, -0.1) is 0 Å². The Hall–Kier alpha value is -1.06. The van der Waals surface area contributed by atoms with E-state index in [2.05, 4.69) is 9.80 Å². The van der Waals surface area contributed by atoms with E-state index in [0.717, 1.165) is 77.4 Å². The third-order valence-corrected chi connectivity index (χ3v) is 20.8. The van der Waals surface area contributed by atoms with Gasteiger partial charge in [0.25, 0.3) is 0 Å². The van der Waals surface area contributed by atoms with E-state index in [1.54, 1.807) is 0 Å². The second-order valence-electron chi connectivity index (χ2n) is 24.5. The average Bonchev–Trinajstić information content (AvgIpc) is 3.06. The summed E-state index contributed by atoms with van der Waals surface area (Å²) in [7, 11) is 0. The predicted molar refractivity (Wildman–Crippen MR) is 203 cm³/mol. The van der Waals surface area contributed by atoms with Crippen molar-refractivity contribution in [1.29, 1.82) is 0 Å². The van der Waals surface area contributed by atoms with Crippen LogP contribution in [0.1, 0.15) is 180 Å². The van der Waals surface area contributed by atoms with E-state index in [9.17, 15) is 0 Å². The van der Waals surface area contributed by atoms with Crippen molar-refractivity contribution in [3.05, 3.63) is 0 Å². The third kappa shape index (κ3) is 4.57. The molecular formula is C48H70N2O2. The molecule has 0 N–H and O–H groups in total. The van der Waals surface area contributed by atoms with Gasteiger partial charge in [0.15, 0.2) is 0 Å². The fourth-order valence-corrected chi connectivity index (χ4v) is 21.1. The summed E-state index contributed by atoms with van der Waals surface area (Å²) in [6.45, 7) is 0.